The number of carboxylic acid groups (broad SMARTS) is 1. The molecule has 2 N–H and O–H groups in total. The van der Waals surface area contributed by atoms with Crippen molar-refractivity contribution in [1.29, 1.82) is 0 Å². The van der Waals surface area contributed by atoms with Crippen LogP contribution in [-0.2, 0) is 13.6 Å². The number of hydrogen-bond donors (Lipinski definition) is 2. The molecule has 0 bridgehead atoms. The predicted octanol–water partition coefficient (Wildman–Crippen LogP) is 3.80. The fraction of sp³-hybridized carbons (Fsp3) is 0.167. The summed E-state index contributed by atoms with van der Waals surface area (Å²) in [6.45, 7) is 0.274. The number of aryl methyl sites for hydroxylation is 1. The van der Waals surface area contributed by atoms with Crippen LogP contribution in [0.4, 0.5) is 5.69 Å². The second-order valence-electron chi connectivity index (χ2n) is 4.01. The molecule has 0 unspecified atom stereocenters. The van der Waals surface area contributed by atoms with E-state index >= 15 is 0 Å². The quantitative estimate of drug-likeness (QED) is 0.794. The van der Waals surface area contributed by atoms with Gasteiger partial charge in [-0.25, -0.2) is 4.79 Å². The third-order valence-corrected chi connectivity index (χ3v) is 4.54. The van der Waals surface area contributed by atoms with Crippen molar-refractivity contribution in [3.8, 4) is 0 Å². The molecule has 0 amide bonds. The standard InChI is InChI=1S/C12H10BrCl2N3O2/c1-18-9(6(4-17-18)12(19)20)5-16-8-3-2-7(13)10(14)11(8)15/h2-4,16H,5H2,1H3,(H,19,20). The van der Waals surface area contributed by atoms with Crippen molar-refractivity contribution in [3.05, 3.63) is 44.1 Å². The van der Waals surface area contributed by atoms with Crippen molar-refractivity contribution in [2.45, 2.75) is 6.54 Å². The SMILES string of the molecule is Cn1ncc(C(=O)O)c1CNc1ccc(Br)c(Cl)c1Cl. The number of nitrogens with one attached hydrogen (secondary N) is 1. The Morgan fingerprint density at radius 3 is 2.80 bits per heavy atom. The van der Waals surface area contributed by atoms with Crippen molar-refractivity contribution >= 4 is 50.8 Å². The van der Waals surface area contributed by atoms with Crippen molar-refractivity contribution in [3.63, 3.8) is 0 Å². The van der Waals surface area contributed by atoms with Crippen LogP contribution in [0.3, 0.4) is 0 Å². The summed E-state index contributed by atoms with van der Waals surface area (Å²) in [5.41, 5.74) is 1.32. The molecule has 106 valence electrons. The summed E-state index contributed by atoms with van der Waals surface area (Å²) in [5, 5.41) is 16.8. The predicted molar refractivity (Wildman–Crippen MR) is 81.7 cm³/mol. The number of aromatic nitrogens is 2. The topological polar surface area (TPSA) is 67.2 Å². The van der Waals surface area contributed by atoms with Gasteiger partial charge in [0.1, 0.15) is 5.56 Å². The van der Waals surface area contributed by atoms with E-state index in [1.165, 1.54) is 10.9 Å². The number of rotatable bonds is 4. The normalized spacial score (nSPS) is 10.6. The smallest absolute Gasteiger partial charge is 0.339 e. The van der Waals surface area contributed by atoms with Crippen LogP contribution in [0.1, 0.15) is 16.1 Å². The van der Waals surface area contributed by atoms with Gasteiger partial charge < -0.3 is 10.4 Å². The zero-order valence-corrected chi connectivity index (χ0v) is 13.4. The molecular weight excluding hydrogens is 369 g/mol. The van der Waals surface area contributed by atoms with E-state index < -0.39 is 5.97 Å². The van der Waals surface area contributed by atoms with Gasteiger partial charge in [0.2, 0.25) is 0 Å². The lowest BCUT2D eigenvalue weighted by atomic mass is 10.2. The Hall–Kier alpha value is -1.24. The highest BCUT2D eigenvalue weighted by atomic mass is 79.9. The highest BCUT2D eigenvalue weighted by molar-refractivity contribution is 9.10. The number of anilines is 1. The molecule has 1 aromatic heterocycles. The third kappa shape index (κ3) is 2.92. The highest BCUT2D eigenvalue weighted by Crippen LogP contribution is 2.36. The molecule has 0 aliphatic heterocycles. The van der Waals surface area contributed by atoms with Gasteiger partial charge in [0.15, 0.2) is 0 Å². The van der Waals surface area contributed by atoms with Crippen LogP contribution in [0.5, 0.6) is 0 Å². The summed E-state index contributed by atoms with van der Waals surface area (Å²) >= 11 is 15.4. The first-order chi connectivity index (χ1) is 9.41. The molecule has 0 saturated heterocycles. The molecule has 0 aliphatic carbocycles. The van der Waals surface area contributed by atoms with Crippen LogP contribution in [0.2, 0.25) is 10.0 Å². The van der Waals surface area contributed by atoms with Gasteiger partial charge in [0.05, 0.1) is 34.2 Å². The van der Waals surface area contributed by atoms with Gasteiger partial charge in [-0.2, -0.15) is 5.10 Å². The largest absolute Gasteiger partial charge is 0.478 e. The number of carbonyl (C=O) groups is 1. The third-order valence-electron chi connectivity index (χ3n) is 2.77. The van der Waals surface area contributed by atoms with Gasteiger partial charge in [-0.3, -0.25) is 4.68 Å². The van der Waals surface area contributed by atoms with Gasteiger partial charge in [0, 0.05) is 11.5 Å². The van der Waals surface area contributed by atoms with E-state index in [9.17, 15) is 4.79 Å². The number of hydrogen-bond acceptors (Lipinski definition) is 3. The van der Waals surface area contributed by atoms with Crippen LogP contribution in [0, 0.1) is 0 Å². The lowest BCUT2D eigenvalue weighted by molar-refractivity contribution is 0.0695. The Balaban J connectivity index is 2.24. The highest BCUT2D eigenvalue weighted by Gasteiger charge is 2.15. The molecule has 20 heavy (non-hydrogen) atoms. The van der Waals surface area contributed by atoms with Gasteiger partial charge in [0.25, 0.3) is 0 Å². The minimum absolute atomic E-state index is 0.152. The zero-order valence-electron chi connectivity index (χ0n) is 10.3. The van der Waals surface area contributed by atoms with E-state index in [1.807, 2.05) is 0 Å². The van der Waals surface area contributed by atoms with Gasteiger partial charge in [-0.1, -0.05) is 23.2 Å². The lowest BCUT2D eigenvalue weighted by Gasteiger charge is -2.11. The van der Waals surface area contributed by atoms with Crippen LogP contribution in [0.15, 0.2) is 22.8 Å². The maximum atomic E-state index is 11.1. The monoisotopic (exact) mass is 377 g/mol. The minimum Gasteiger partial charge on any atom is -0.478 e. The molecule has 8 heteroatoms. The molecule has 0 atom stereocenters. The first kappa shape index (κ1) is 15.2. The fourth-order valence-electron chi connectivity index (χ4n) is 1.69. The van der Waals surface area contributed by atoms with E-state index in [1.54, 1.807) is 19.2 Å². The molecule has 1 aromatic carbocycles. The Morgan fingerprint density at radius 2 is 2.15 bits per heavy atom. The number of aromatic carboxylic acids is 1. The fourth-order valence-corrected chi connectivity index (χ4v) is 2.53. The Labute approximate surface area is 133 Å². The summed E-state index contributed by atoms with van der Waals surface area (Å²) in [4.78, 5) is 11.1. The van der Waals surface area contributed by atoms with Crippen LogP contribution in [0.25, 0.3) is 0 Å². The molecule has 0 aliphatic rings. The van der Waals surface area contributed by atoms with Crippen molar-refractivity contribution < 1.29 is 9.90 Å². The zero-order chi connectivity index (χ0) is 14.9. The van der Waals surface area contributed by atoms with E-state index in [0.29, 0.717) is 25.9 Å². The van der Waals surface area contributed by atoms with E-state index in [-0.39, 0.29) is 12.1 Å². The lowest BCUT2D eigenvalue weighted by Crippen LogP contribution is -2.10. The van der Waals surface area contributed by atoms with Crippen molar-refractivity contribution in [2.24, 2.45) is 7.05 Å². The number of nitrogens with zero attached hydrogens (tertiary/aromatic N) is 2. The van der Waals surface area contributed by atoms with Crippen LogP contribution in [-0.4, -0.2) is 20.9 Å². The Bertz CT molecular complexity index is 673. The first-order valence-corrected chi connectivity index (χ1v) is 7.08. The summed E-state index contributed by atoms with van der Waals surface area (Å²) in [6, 6.07) is 3.52. The number of halogens is 3. The molecular formula is C12H10BrCl2N3O2. The average Bonchev–Trinajstić information content (AvgIpc) is 2.77. The summed E-state index contributed by atoms with van der Waals surface area (Å²) in [6.07, 6.45) is 1.31. The van der Waals surface area contributed by atoms with Crippen LogP contribution >= 0.6 is 39.1 Å². The number of benzene rings is 1. The molecule has 5 nitrogen and oxygen atoms in total. The van der Waals surface area contributed by atoms with Crippen molar-refractivity contribution in [1.82, 2.24) is 9.78 Å². The van der Waals surface area contributed by atoms with E-state index in [0.717, 1.165) is 0 Å². The molecule has 2 rings (SSSR count). The Morgan fingerprint density at radius 1 is 1.45 bits per heavy atom. The van der Waals surface area contributed by atoms with Gasteiger partial charge >= 0.3 is 5.97 Å². The minimum atomic E-state index is -1.02. The first-order valence-electron chi connectivity index (χ1n) is 5.53. The molecule has 0 spiro atoms. The Kier molecular flexibility index (Phi) is 4.57. The number of carboxylic acids is 1. The summed E-state index contributed by atoms with van der Waals surface area (Å²) in [7, 11) is 1.68. The summed E-state index contributed by atoms with van der Waals surface area (Å²) in [5.74, 6) is -1.02. The van der Waals surface area contributed by atoms with E-state index in [2.05, 4.69) is 26.3 Å². The van der Waals surface area contributed by atoms with Gasteiger partial charge in [-0.05, 0) is 28.1 Å². The second kappa shape index (κ2) is 6.03. The van der Waals surface area contributed by atoms with Gasteiger partial charge in [-0.15, -0.1) is 0 Å². The maximum absolute atomic E-state index is 11.1. The van der Waals surface area contributed by atoms with Crippen molar-refractivity contribution in [2.75, 3.05) is 5.32 Å². The van der Waals surface area contributed by atoms with E-state index in [4.69, 9.17) is 28.3 Å². The second-order valence-corrected chi connectivity index (χ2v) is 5.62. The molecule has 1 heterocycles. The average molecular weight is 379 g/mol. The van der Waals surface area contributed by atoms with Crippen LogP contribution < -0.4 is 5.32 Å². The molecule has 0 saturated carbocycles. The molecule has 2 aromatic rings. The molecule has 0 fully saturated rings. The molecule has 0 radical (unpaired) electrons. The maximum Gasteiger partial charge on any atom is 0.339 e. The summed E-state index contributed by atoms with van der Waals surface area (Å²) < 4.78 is 2.20.